The number of hydrogen-bond donors (Lipinski definition) is 4. The molecule has 36 valence electrons. The fourth-order valence-electron chi connectivity index (χ4n) is 0.0609. The molecule has 0 saturated heterocycles. The van der Waals surface area contributed by atoms with E-state index >= 15 is 0 Å². The minimum Gasteiger partial charge on any atom is -0.401 e. The van der Waals surface area contributed by atoms with Crippen LogP contribution in [0.2, 0.25) is 0 Å². The summed E-state index contributed by atoms with van der Waals surface area (Å²) < 4.78 is 3.68. The van der Waals surface area contributed by atoms with Gasteiger partial charge in [0, 0.05) is 0 Å². The number of nitrogens with two attached hydrogens (primary N) is 1. The third-order valence-electron chi connectivity index (χ3n) is 0.173. The first kappa shape index (κ1) is 5.86. The highest BCUT2D eigenvalue weighted by atomic mass is 16.7. The lowest BCUT2D eigenvalue weighted by Crippen LogP contribution is -2.32. The van der Waals surface area contributed by atoms with Gasteiger partial charge >= 0.3 is 7.32 Å². The zero-order valence-electron chi connectivity index (χ0n) is 2.96. The molecule has 0 aliphatic rings. The maximum atomic E-state index is 7.74. The summed E-state index contributed by atoms with van der Waals surface area (Å²) in [7, 11) is -1.84. The van der Waals surface area contributed by atoms with Crippen LogP contribution in [0.5, 0.6) is 0 Å². The molecule has 0 aromatic carbocycles. The molecule has 0 amide bonds. The molecule has 5 nitrogen and oxygen atoms in total. The van der Waals surface area contributed by atoms with Gasteiger partial charge in [-0.3, -0.25) is 4.76 Å². The summed E-state index contributed by atoms with van der Waals surface area (Å²) in [4.78, 5) is 0. The molecule has 0 unspecified atom stereocenters. The standard InChI is InChI=1S/BH5N2O3/c2-3-6-1(4)5/h3-5H,2H2. The molecule has 0 aliphatic heterocycles. The van der Waals surface area contributed by atoms with E-state index < -0.39 is 7.32 Å². The van der Waals surface area contributed by atoms with Crippen LogP contribution in [0, 0.1) is 0 Å². The lowest BCUT2D eigenvalue weighted by molar-refractivity contribution is 0.110. The molecule has 0 aliphatic carbocycles. The lowest BCUT2D eigenvalue weighted by atomic mass is 10.3. The van der Waals surface area contributed by atoms with Crippen LogP contribution in [0.3, 0.4) is 0 Å². The van der Waals surface area contributed by atoms with Crippen LogP contribution < -0.4 is 11.4 Å². The Morgan fingerprint density at radius 1 is 1.67 bits per heavy atom. The van der Waals surface area contributed by atoms with Crippen LogP contribution in [0.1, 0.15) is 0 Å². The zero-order chi connectivity index (χ0) is 4.99. The van der Waals surface area contributed by atoms with Crippen molar-refractivity contribution in [2.45, 2.75) is 0 Å². The number of hydrazine groups is 1. The highest BCUT2D eigenvalue weighted by Gasteiger charge is 2.04. The van der Waals surface area contributed by atoms with E-state index in [2.05, 4.69) is 10.6 Å². The SMILES string of the molecule is NNOB(O)O. The highest BCUT2D eigenvalue weighted by molar-refractivity contribution is 6.32. The molecule has 0 radical (unpaired) electrons. The molecule has 0 bridgehead atoms. The molecule has 0 rings (SSSR count). The van der Waals surface area contributed by atoms with Crippen molar-refractivity contribution >= 4 is 7.32 Å². The second-order valence-corrected chi connectivity index (χ2v) is 0.562. The van der Waals surface area contributed by atoms with E-state index in [9.17, 15) is 0 Å². The van der Waals surface area contributed by atoms with Crippen molar-refractivity contribution in [3.63, 3.8) is 0 Å². The van der Waals surface area contributed by atoms with E-state index in [1.165, 1.54) is 0 Å². The Bertz CT molecular complexity index is 30.0. The number of hydrogen-bond acceptors (Lipinski definition) is 5. The number of nitrogens with one attached hydrogen (secondary N) is 1. The summed E-state index contributed by atoms with van der Waals surface area (Å²) in [5.41, 5.74) is 1.57. The van der Waals surface area contributed by atoms with Crippen molar-refractivity contribution in [1.82, 2.24) is 5.59 Å². The largest absolute Gasteiger partial charge is 0.652 e. The average Bonchev–Trinajstić information content (AvgIpc) is 1.35. The van der Waals surface area contributed by atoms with Gasteiger partial charge in [0.15, 0.2) is 0 Å². The first-order valence-corrected chi connectivity index (χ1v) is 1.24. The Kier molecular flexibility index (Phi) is 3.00. The predicted molar refractivity (Wildman–Crippen MR) is 18.6 cm³/mol. The number of rotatable bonds is 2. The maximum absolute atomic E-state index is 7.74. The normalized spacial score (nSPS) is 8.50. The van der Waals surface area contributed by atoms with Gasteiger partial charge in [0.25, 0.3) is 0 Å². The molecule has 6 heteroatoms. The lowest BCUT2D eigenvalue weighted by Gasteiger charge is -1.92. The Balaban J connectivity index is 2.63. The summed E-state index contributed by atoms with van der Waals surface area (Å²) >= 11 is 0. The molecule has 0 aromatic heterocycles. The topological polar surface area (TPSA) is 87.7 Å². The van der Waals surface area contributed by atoms with Crippen molar-refractivity contribution in [2.75, 3.05) is 0 Å². The minimum absolute atomic E-state index is 1.57. The molecule has 0 atom stereocenters. The molecular formula is H5BN2O3. The molecule has 0 saturated carbocycles. The van der Waals surface area contributed by atoms with E-state index in [0.29, 0.717) is 0 Å². The summed E-state index contributed by atoms with van der Waals surface area (Å²) in [6.45, 7) is 0. The second-order valence-electron chi connectivity index (χ2n) is 0.562. The van der Waals surface area contributed by atoms with Gasteiger partial charge in [0.05, 0.1) is 0 Å². The summed E-state index contributed by atoms with van der Waals surface area (Å²) in [5.74, 6) is 4.44. The summed E-state index contributed by atoms with van der Waals surface area (Å²) in [6.07, 6.45) is 0. The Hall–Kier alpha value is -0.135. The molecule has 0 fully saturated rings. The molecule has 5 N–H and O–H groups in total. The first-order chi connectivity index (χ1) is 2.77. The third kappa shape index (κ3) is 3.86. The average molecular weight is 91.9 g/mol. The second kappa shape index (κ2) is 3.07. The summed E-state index contributed by atoms with van der Waals surface area (Å²) in [5, 5.41) is 15.5. The van der Waals surface area contributed by atoms with E-state index in [1.54, 1.807) is 5.59 Å². The molecule has 0 aromatic rings. The third-order valence-corrected chi connectivity index (χ3v) is 0.173. The van der Waals surface area contributed by atoms with Gasteiger partial charge in [-0.05, 0) is 0 Å². The maximum Gasteiger partial charge on any atom is 0.652 e. The van der Waals surface area contributed by atoms with Gasteiger partial charge in [-0.25, -0.2) is 5.84 Å². The Morgan fingerprint density at radius 3 is 2.17 bits per heavy atom. The fourth-order valence-corrected chi connectivity index (χ4v) is 0.0609. The van der Waals surface area contributed by atoms with Gasteiger partial charge in [0.1, 0.15) is 0 Å². The van der Waals surface area contributed by atoms with Crippen molar-refractivity contribution in [3.8, 4) is 0 Å². The smallest absolute Gasteiger partial charge is 0.401 e. The van der Waals surface area contributed by atoms with Crippen LogP contribution in [0.15, 0.2) is 0 Å². The Morgan fingerprint density at radius 2 is 2.17 bits per heavy atom. The van der Waals surface area contributed by atoms with Gasteiger partial charge in [0.2, 0.25) is 0 Å². The fraction of sp³-hybridized carbons (Fsp3) is 0. The van der Waals surface area contributed by atoms with Crippen molar-refractivity contribution in [2.24, 2.45) is 5.84 Å². The molecule has 0 spiro atoms. The van der Waals surface area contributed by atoms with Crippen molar-refractivity contribution < 1.29 is 14.8 Å². The minimum atomic E-state index is -1.84. The van der Waals surface area contributed by atoms with E-state index in [0.717, 1.165) is 0 Å². The van der Waals surface area contributed by atoms with Crippen LogP contribution in [-0.2, 0) is 4.76 Å². The predicted octanol–water partition coefficient (Wildman–Crippen LogP) is -2.65. The quantitative estimate of drug-likeness (QED) is 0.170. The monoisotopic (exact) mass is 92.0 g/mol. The van der Waals surface area contributed by atoms with Gasteiger partial charge in [-0.2, -0.15) is 5.59 Å². The van der Waals surface area contributed by atoms with E-state index in [-0.39, 0.29) is 0 Å². The van der Waals surface area contributed by atoms with Crippen LogP contribution in [0.4, 0.5) is 0 Å². The highest BCUT2D eigenvalue weighted by Crippen LogP contribution is 1.58. The Labute approximate surface area is 34.8 Å². The van der Waals surface area contributed by atoms with Crippen LogP contribution >= 0.6 is 0 Å². The summed E-state index contributed by atoms with van der Waals surface area (Å²) in [6, 6.07) is 0. The van der Waals surface area contributed by atoms with Crippen LogP contribution in [-0.4, -0.2) is 17.4 Å². The van der Waals surface area contributed by atoms with Gasteiger partial charge in [-0.15, -0.1) is 0 Å². The molecule has 0 heterocycles. The van der Waals surface area contributed by atoms with Gasteiger partial charge < -0.3 is 10.0 Å². The van der Waals surface area contributed by atoms with Crippen molar-refractivity contribution in [3.05, 3.63) is 0 Å². The van der Waals surface area contributed by atoms with Crippen molar-refractivity contribution in [1.29, 1.82) is 0 Å². The van der Waals surface area contributed by atoms with Gasteiger partial charge in [-0.1, -0.05) is 0 Å². The van der Waals surface area contributed by atoms with E-state index in [1.807, 2.05) is 0 Å². The molecular weight excluding hydrogens is 86.8 g/mol. The van der Waals surface area contributed by atoms with E-state index in [4.69, 9.17) is 10.0 Å². The first-order valence-electron chi connectivity index (χ1n) is 1.24. The molecule has 6 heavy (non-hydrogen) atoms. The zero-order valence-corrected chi connectivity index (χ0v) is 2.96. The van der Waals surface area contributed by atoms with Crippen LogP contribution in [0.25, 0.3) is 0 Å².